The van der Waals surface area contributed by atoms with E-state index in [1.54, 1.807) is 0 Å². The first kappa shape index (κ1) is 11.9. The zero-order chi connectivity index (χ0) is 14.5. The van der Waals surface area contributed by atoms with Crippen LogP contribution in [0.15, 0.2) is 54.6 Å². The van der Waals surface area contributed by atoms with E-state index in [0.29, 0.717) is 0 Å². The lowest BCUT2D eigenvalue weighted by Gasteiger charge is -2.06. The summed E-state index contributed by atoms with van der Waals surface area (Å²) in [6.45, 7) is 0. The quantitative estimate of drug-likeness (QED) is 0.446. The molecule has 1 nitrogen and oxygen atoms in total. The van der Waals surface area contributed by atoms with Gasteiger partial charge >= 0.3 is 0 Å². The molecule has 0 unspecified atom stereocenters. The number of hydrogen-bond donors (Lipinski definition) is 0. The molecule has 0 radical (unpaired) electrons. The predicted molar refractivity (Wildman–Crippen MR) is 94.2 cm³/mol. The summed E-state index contributed by atoms with van der Waals surface area (Å²) in [6.07, 6.45) is 6.98. The molecule has 22 heavy (non-hydrogen) atoms. The van der Waals surface area contributed by atoms with Gasteiger partial charge in [-0.25, -0.2) is 4.98 Å². The second kappa shape index (κ2) is 4.41. The van der Waals surface area contributed by atoms with Crippen molar-refractivity contribution >= 4 is 44.7 Å². The Balaban J connectivity index is 1.93. The number of fused-ring (bicyclic) bond motifs is 4. The van der Waals surface area contributed by atoms with Crippen LogP contribution in [0.5, 0.6) is 0 Å². The Kier molecular flexibility index (Phi) is 2.39. The van der Waals surface area contributed by atoms with Crippen LogP contribution in [-0.2, 0) is 0 Å². The molecule has 0 saturated heterocycles. The standard InChI is InChI=1S/C21H15N/c1-2-6-15-10-18-13-21-19(12-17(18)9-14(15)5-1)11-16-7-3-4-8-20(16)22-21/h3-13H,1-2H2. The smallest absolute Gasteiger partial charge is 0.0716 e. The van der Waals surface area contributed by atoms with Gasteiger partial charge in [0.15, 0.2) is 0 Å². The molecule has 0 saturated carbocycles. The van der Waals surface area contributed by atoms with Crippen molar-refractivity contribution in [2.75, 3.05) is 0 Å². The highest BCUT2D eigenvalue weighted by atomic mass is 14.7. The molecule has 1 heteroatoms. The van der Waals surface area contributed by atoms with Crippen molar-refractivity contribution in [3.05, 3.63) is 65.0 Å². The Labute approximate surface area is 128 Å². The number of para-hydroxylation sites is 1. The van der Waals surface area contributed by atoms with E-state index >= 15 is 0 Å². The summed E-state index contributed by atoms with van der Waals surface area (Å²) in [6, 6.07) is 19.7. The minimum atomic E-state index is 1.06. The van der Waals surface area contributed by atoms with Crippen molar-refractivity contribution < 1.29 is 0 Å². The summed E-state index contributed by atoms with van der Waals surface area (Å²) in [4.78, 5) is 4.82. The summed E-state index contributed by atoms with van der Waals surface area (Å²) < 4.78 is 0. The molecule has 0 amide bonds. The van der Waals surface area contributed by atoms with Crippen molar-refractivity contribution in [2.45, 2.75) is 12.8 Å². The Morgan fingerprint density at radius 3 is 2.09 bits per heavy atom. The van der Waals surface area contributed by atoms with Crippen LogP contribution in [0.4, 0.5) is 0 Å². The zero-order valence-electron chi connectivity index (χ0n) is 12.2. The average Bonchev–Trinajstić information content (AvgIpc) is 2.56. The molecule has 1 aliphatic rings. The van der Waals surface area contributed by atoms with Crippen molar-refractivity contribution in [1.82, 2.24) is 4.98 Å². The van der Waals surface area contributed by atoms with Crippen molar-refractivity contribution in [3.63, 3.8) is 0 Å². The van der Waals surface area contributed by atoms with Crippen LogP contribution in [0.1, 0.15) is 12.8 Å². The highest BCUT2D eigenvalue weighted by molar-refractivity contribution is 6.01. The maximum absolute atomic E-state index is 4.82. The number of pyridine rings is 1. The van der Waals surface area contributed by atoms with Gasteiger partial charge in [-0.3, -0.25) is 0 Å². The number of nitrogens with zero attached hydrogens (tertiary/aromatic N) is 1. The minimum absolute atomic E-state index is 1.06. The topological polar surface area (TPSA) is 12.9 Å². The second-order valence-electron chi connectivity index (χ2n) is 6.04. The summed E-state index contributed by atoms with van der Waals surface area (Å²) in [5.74, 6) is 0. The highest BCUT2D eigenvalue weighted by Crippen LogP contribution is 2.24. The largest absolute Gasteiger partial charge is 0.248 e. The predicted octanol–water partition coefficient (Wildman–Crippen LogP) is 3.90. The van der Waals surface area contributed by atoms with Crippen LogP contribution in [0.25, 0.3) is 44.7 Å². The van der Waals surface area contributed by atoms with Crippen LogP contribution < -0.4 is 10.4 Å². The lowest BCUT2D eigenvalue weighted by Crippen LogP contribution is -2.26. The fraction of sp³-hybridized carbons (Fsp3) is 0.0952. The van der Waals surface area contributed by atoms with Crippen LogP contribution in [0, 0.1) is 0 Å². The van der Waals surface area contributed by atoms with Crippen LogP contribution in [0.3, 0.4) is 0 Å². The maximum atomic E-state index is 4.82. The summed E-state index contributed by atoms with van der Waals surface area (Å²) in [5.41, 5.74) is 2.14. The molecule has 104 valence electrons. The number of benzene rings is 3. The lowest BCUT2D eigenvalue weighted by molar-refractivity contribution is 1.12. The van der Waals surface area contributed by atoms with Gasteiger partial charge in [-0.2, -0.15) is 0 Å². The van der Waals surface area contributed by atoms with Crippen LogP contribution in [-0.4, -0.2) is 4.98 Å². The van der Waals surface area contributed by atoms with E-state index in [-0.39, 0.29) is 0 Å². The van der Waals surface area contributed by atoms with E-state index in [2.05, 4.69) is 60.7 Å². The van der Waals surface area contributed by atoms with Crippen LogP contribution in [0.2, 0.25) is 0 Å². The average molecular weight is 281 g/mol. The molecule has 0 spiro atoms. The normalized spacial score (nSPS) is 13.8. The molecule has 0 atom stereocenters. The first-order valence-corrected chi connectivity index (χ1v) is 7.81. The fourth-order valence-corrected chi connectivity index (χ4v) is 3.44. The van der Waals surface area contributed by atoms with E-state index in [0.717, 1.165) is 23.9 Å². The fourth-order valence-electron chi connectivity index (χ4n) is 3.44. The lowest BCUT2D eigenvalue weighted by atomic mass is 10.0. The zero-order valence-corrected chi connectivity index (χ0v) is 12.2. The van der Waals surface area contributed by atoms with Gasteiger partial charge < -0.3 is 0 Å². The van der Waals surface area contributed by atoms with Crippen molar-refractivity contribution in [3.8, 4) is 0 Å². The van der Waals surface area contributed by atoms with Gasteiger partial charge in [0.2, 0.25) is 0 Å². The number of aromatic nitrogens is 1. The first-order chi connectivity index (χ1) is 10.9. The van der Waals surface area contributed by atoms with E-state index in [4.69, 9.17) is 4.98 Å². The molecule has 0 bridgehead atoms. The van der Waals surface area contributed by atoms with Gasteiger partial charge in [0.25, 0.3) is 0 Å². The van der Waals surface area contributed by atoms with Gasteiger partial charge in [0.05, 0.1) is 11.0 Å². The molecule has 0 fully saturated rings. The summed E-state index contributed by atoms with van der Waals surface area (Å²) in [7, 11) is 0. The maximum Gasteiger partial charge on any atom is 0.0716 e. The summed E-state index contributed by atoms with van der Waals surface area (Å²) in [5, 5.41) is 7.72. The van der Waals surface area contributed by atoms with E-state index < -0.39 is 0 Å². The third-order valence-corrected chi connectivity index (χ3v) is 4.57. The second-order valence-corrected chi connectivity index (χ2v) is 6.04. The third-order valence-electron chi connectivity index (χ3n) is 4.57. The molecule has 0 N–H and O–H groups in total. The van der Waals surface area contributed by atoms with Crippen molar-refractivity contribution in [2.24, 2.45) is 0 Å². The Morgan fingerprint density at radius 1 is 0.591 bits per heavy atom. The number of rotatable bonds is 0. The Hall–Kier alpha value is -2.67. The SMILES string of the molecule is C1=c2cc3cc4cc5ccccc5nc4cc3cc2=CCC1. The van der Waals surface area contributed by atoms with Crippen LogP contribution >= 0.6 is 0 Å². The first-order valence-electron chi connectivity index (χ1n) is 7.81. The molecule has 3 aromatic carbocycles. The number of hydrogen-bond acceptors (Lipinski definition) is 1. The molecular weight excluding hydrogens is 266 g/mol. The van der Waals surface area contributed by atoms with Gasteiger partial charge in [-0.1, -0.05) is 30.4 Å². The Bertz CT molecular complexity index is 1080. The molecule has 1 aromatic heterocycles. The molecule has 5 rings (SSSR count). The van der Waals surface area contributed by atoms with Gasteiger partial charge in [0.1, 0.15) is 0 Å². The summed E-state index contributed by atoms with van der Waals surface area (Å²) >= 11 is 0. The molecule has 1 heterocycles. The van der Waals surface area contributed by atoms with E-state index in [1.165, 1.54) is 32.0 Å². The van der Waals surface area contributed by atoms with Crippen molar-refractivity contribution in [1.29, 1.82) is 0 Å². The van der Waals surface area contributed by atoms with Gasteiger partial charge in [-0.05, 0) is 70.4 Å². The molecule has 0 aliphatic heterocycles. The molecule has 1 aliphatic carbocycles. The minimum Gasteiger partial charge on any atom is -0.248 e. The monoisotopic (exact) mass is 281 g/mol. The Morgan fingerprint density at radius 2 is 1.27 bits per heavy atom. The molecular formula is C21H15N. The van der Waals surface area contributed by atoms with Gasteiger partial charge in [-0.15, -0.1) is 0 Å². The van der Waals surface area contributed by atoms with E-state index in [1.807, 2.05) is 6.07 Å². The molecule has 4 aromatic rings. The van der Waals surface area contributed by atoms with E-state index in [9.17, 15) is 0 Å². The van der Waals surface area contributed by atoms with Gasteiger partial charge in [0, 0.05) is 10.8 Å². The third kappa shape index (κ3) is 1.75. The highest BCUT2D eigenvalue weighted by Gasteiger charge is 2.03.